The number of benzene rings is 1. The zero-order valence-electron chi connectivity index (χ0n) is 29.4. The number of aliphatic imine (C=N–C) groups is 1. The highest BCUT2D eigenvalue weighted by molar-refractivity contribution is 7.85. The second-order valence-corrected chi connectivity index (χ2v) is 15.1. The highest BCUT2D eigenvalue weighted by Gasteiger charge is 2.26. The summed E-state index contributed by atoms with van der Waals surface area (Å²) in [5, 5.41) is 8.01. The Labute approximate surface area is 281 Å². The fraction of sp³-hybridized carbons (Fsp3) is 0.600. The lowest BCUT2D eigenvalue weighted by molar-refractivity contribution is -0.121. The molecule has 0 spiro atoms. The molecule has 0 aliphatic rings. The minimum absolute atomic E-state index is 0.292. The molecule has 0 unspecified atom stereocenters. The Kier molecular flexibility index (Phi) is 15.5. The highest BCUT2D eigenvalue weighted by Crippen LogP contribution is 2.30. The monoisotopic (exact) mass is 675 g/mol. The van der Waals surface area contributed by atoms with Gasteiger partial charge in [0.05, 0.1) is 38.0 Å². The standard InChI is InChI=1S/C35H57N5O6S/c1-9-11-12-18-37-33(39-30(36)13-10-2)32-26(3)16-19-40(32)22-27-14-15-28(21-29(27)45-8)35(6,7)25-46-24-34(4,5)23-38-31(41)17-20-47(42,43)44/h14-16,19,21,37H,3,9-13,17-18,20,22-25H2,1-2,4-8H3,(H2,36,39)(H,38,41)(H,42,43,44)/b33-32+. The van der Waals surface area contributed by atoms with E-state index in [0.717, 1.165) is 71.9 Å². The fourth-order valence-electron chi connectivity index (χ4n) is 5.00. The first-order valence-corrected chi connectivity index (χ1v) is 18.0. The van der Waals surface area contributed by atoms with Crippen LogP contribution in [0.4, 0.5) is 0 Å². The molecule has 2 aromatic rings. The third-order valence-electron chi connectivity index (χ3n) is 7.82. The van der Waals surface area contributed by atoms with Gasteiger partial charge in [0.1, 0.15) is 11.6 Å². The van der Waals surface area contributed by atoms with Crippen LogP contribution in [0.2, 0.25) is 0 Å². The lowest BCUT2D eigenvalue weighted by Crippen LogP contribution is -2.38. The van der Waals surface area contributed by atoms with Crippen molar-refractivity contribution in [1.29, 1.82) is 0 Å². The van der Waals surface area contributed by atoms with Crippen molar-refractivity contribution in [3.63, 3.8) is 0 Å². The normalized spacial score (nSPS) is 13.4. The van der Waals surface area contributed by atoms with Crippen LogP contribution in [0, 0.1) is 5.41 Å². The SMILES string of the molecule is C=c1ccn(Cc2ccc(C(C)(C)COCC(C)(C)CNC(=O)CCS(=O)(=O)O)cc2OC)/c1=C(/N=C(/N)CCC)NCCCCC. The fourth-order valence-corrected chi connectivity index (χ4v) is 5.44. The molecule has 264 valence electrons. The molecule has 47 heavy (non-hydrogen) atoms. The Bertz CT molecular complexity index is 1560. The molecule has 2 rings (SSSR count). The van der Waals surface area contributed by atoms with Crippen LogP contribution in [0.15, 0.2) is 35.5 Å². The summed E-state index contributed by atoms with van der Waals surface area (Å²) in [5.41, 5.74) is 7.61. The van der Waals surface area contributed by atoms with E-state index in [2.05, 4.69) is 67.7 Å². The molecule has 0 aliphatic heterocycles. The van der Waals surface area contributed by atoms with E-state index in [1.165, 1.54) is 0 Å². The summed E-state index contributed by atoms with van der Waals surface area (Å²) in [7, 11) is -2.51. The predicted molar refractivity (Wildman–Crippen MR) is 190 cm³/mol. The van der Waals surface area contributed by atoms with Crippen LogP contribution in [0.5, 0.6) is 5.75 Å². The maximum Gasteiger partial charge on any atom is 0.265 e. The zero-order valence-corrected chi connectivity index (χ0v) is 30.3. The number of hydrogen-bond acceptors (Lipinski definition) is 7. The average Bonchev–Trinajstić information content (AvgIpc) is 3.35. The van der Waals surface area contributed by atoms with E-state index in [-0.39, 0.29) is 11.8 Å². The van der Waals surface area contributed by atoms with Crippen LogP contribution in [-0.2, 0) is 31.6 Å². The topological polar surface area (TPSA) is 157 Å². The van der Waals surface area contributed by atoms with Crippen LogP contribution >= 0.6 is 0 Å². The quantitative estimate of drug-likeness (QED) is 0.0676. The van der Waals surface area contributed by atoms with Gasteiger partial charge in [-0.25, -0.2) is 4.99 Å². The Morgan fingerprint density at radius 2 is 1.79 bits per heavy atom. The van der Waals surface area contributed by atoms with Gasteiger partial charge in [0.2, 0.25) is 5.91 Å². The summed E-state index contributed by atoms with van der Waals surface area (Å²) >= 11 is 0. The first-order valence-electron chi connectivity index (χ1n) is 16.4. The largest absolute Gasteiger partial charge is 0.496 e. The van der Waals surface area contributed by atoms with Gasteiger partial charge < -0.3 is 30.4 Å². The summed E-state index contributed by atoms with van der Waals surface area (Å²) < 4.78 is 44.8. The number of nitrogens with one attached hydrogen (secondary N) is 2. The van der Waals surface area contributed by atoms with Gasteiger partial charge in [0.25, 0.3) is 10.1 Å². The Morgan fingerprint density at radius 3 is 2.43 bits per heavy atom. The molecule has 11 nitrogen and oxygen atoms in total. The van der Waals surface area contributed by atoms with Gasteiger partial charge in [-0.2, -0.15) is 8.42 Å². The lowest BCUT2D eigenvalue weighted by atomic mass is 9.84. The van der Waals surface area contributed by atoms with Crippen LogP contribution < -0.4 is 31.7 Å². The van der Waals surface area contributed by atoms with Gasteiger partial charge in [-0.05, 0) is 35.8 Å². The lowest BCUT2D eigenvalue weighted by Gasteiger charge is -2.30. The molecule has 1 heterocycles. The summed E-state index contributed by atoms with van der Waals surface area (Å²) in [5.74, 6) is 1.05. The molecule has 0 aliphatic carbocycles. The number of rotatable bonds is 21. The van der Waals surface area contributed by atoms with Crippen molar-refractivity contribution < 1.29 is 27.2 Å². The van der Waals surface area contributed by atoms with Crippen LogP contribution in [0.1, 0.15) is 91.2 Å². The molecule has 0 saturated carbocycles. The molecule has 0 saturated heterocycles. The number of nitrogens with zero attached hydrogens (tertiary/aromatic N) is 2. The van der Waals surface area contributed by atoms with Crippen molar-refractivity contribution >= 4 is 34.3 Å². The molecule has 1 aromatic carbocycles. The molecule has 0 atom stereocenters. The molecule has 1 aromatic heterocycles. The van der Waals surface area contributed by atoms with Gasteiger partial charge >= 0.3 is 0 Å². The number of ether oxygens (including phenoxy) is 2. The Hall–Kier alpha value is -3.35. The minimum atomic E-state index is -4.18. The van der Waals surface area contributed by atoms with E-state index in [9.17, 15) is 13.2 Å². The van der Waals surface area contributed by atoms with E-state index in [0.29, 0.717) is 32.1 Å². The molecular formula is C35H57N5O6S. The van der Waals surface area contributed by atoms with Crippen LogP contribution in [0.3, 0.4) is 0 Å². The summed E-state index contributed by atoms with van der Waals surface area (Å²) in [6.07, 6.45) is 6.67. The minimum Gasteiger partial charge on any atom is -0.496 e. The summed E-state index contributed by atoms with van der Waals surface area (Å²) in [6.45, 7) is 19.2. The molecule has 1 amide bonds. The number of aromatic nitrogens is 1. The second-order valence-electron chi connectivity index (χ2n) is 13.5. The first-order chi connectivity index (χ1) is 22.0. The smallest absolute Gasteiger partial charge is 0.265 e. The number of nitrogens with two attached hydrogens (primary N) is 1. The average molecular weight is 676 g/mol. The number of amidine groups is 1. The number of methoxy groups -OCH3 is 1. The zero-order chi connectivity index (χ0) is 35.3. The van der Waals surface area contributed by atoms with Gasteiger partial charge in [0, 0.05) is 48.5 Å². The van der Waals surface area contributed by atoms with Crippen LogP contribution in [0.25, 0.3) is 12.4 Å². The van der Waals surface area contributed by atoms with Crippen LogP contribution in [-0.4, -0.2) is 68.4 Å². The summed E-state index contributed by atoms with van der Waals surface area (Å²) in [6, 6.07) is 8.22. The van der Waals surface area contributed by atoms with Gasteiger partial charge in [-0.3, -0.25) is 9.35 Å². The van der Waals surface area contributed by atoms with E-state index in [4.69, 9.17) is 24.8 Å². The van der Waals surface area contributed by atoms with Crippen molar-refractivity contribution in [3.05, 3.63) is 52.2 Å². The molecule has 0 radical (unpaired) electrons. The van der Waals surface area contributed by atoms with Crippen molar-refractivity contribution in [3.8, 4) is 5.75 Å². The molecule has 0 bridgehead atoms. The van der Waals surface area contributed by atoms with Crippen molar-refractivity contribution in [1.82, 2.24) is 15.2 Å². The van der Waals surface area contributed by atoms with E-state index in [1.807, 2.05) is 26.1 Å². The van der Waals surface area contributed by atoms with Gasteiger partial charge in [-0.1, -0.05) is 73.1 Å². The number of carbonyl (C=O) groups excluding carboxylic acids is 1. The second kappa shape index (κ2) is 18.3. The highest BCUT2D eigenvalue weighted by atomic mass is 32.2. The Balaban J connectivity index is 2.21. The Morgan fingerprint density at radius 1 is 1.06 bits per heavy atom. The maximum absolute atomic E-state index is 12.0. The number of carbonyl (C=O) groups is 1. The predicted octanol–water partition coefficient (Wildman–Crippen LogP) is 3.67. The third-order valence-corrected chi connectivity index (χ3v) is 8.54. The van der Waals surface area contributed by atoms with Gasteiger partial charge in [-0.15, -0.1) is 0 Å². The molecule has 0 fully saturated rings. The van der Waals surface area contributed by atoms with E-state index >= 15 is 0 Å². The molecule has 12 heteroatoms. The number of hydrogen-bond donors (Lipinski definition) is 4. The van der Waals surface area contributed by atoms with E-state index < -0.39 is 27.2 Å². The van der Waals surface area contributed by atoms with Crippen molar-refractivity contribution in [2.75, 3.05) is 39.2 Å². The molecular weight excluding hydrogens is 618 g/mol. The van der Waals surface area contributed by atoms with Crippen molar-refractivity contribution in [2.24, 2.45) is 16.1 Å². The summed E-state index contributed by atoms with van der Waals surface area (Å²) in [4.78, 5) is 16.8. The maximum atomic E-state index is 12.0. The van der Waals surface area contributed by atoms with Crippen molar-refractivity contribution in [2.45, 2.75) is 92.0 Å². The number of amides is 1. The third kappa shape index (κ3) is 13.7. The van der Waals surface area contributed by atoms with Gasteiger partial charge in [0.15, 0.2) is 5.82 Å². The first kappa shape index (κ1) is 39.8. The number of unbranched alkanes of at least 4 members (excludes halogenated alkanes) is 2. The van der Waals surface area contributed by atoms with E-state index in [1.54, 1.807) is 7.11 Å². The molecule has 5 N–H and O–H groups in total.